The van der Waals surface area contributed by atoms with Crippen LogP contribution in [-0.4, -0.2) is 36.3 Å². The molecule has 0 atom stereocenters. The first-order valence-corrected chi connectivity index (χ1v) is 7.35. The van der Waals surface area contributed by atoms with Crippen molar-refractivity contribution in [2.45, 2.75) is 6.92 Å². The number of aromatic nitrogens is 2. The van der Waals surface area contributed by atoms with E-state index in [0.29, 0.717) is 48.8 Å². The molecule has 1 fully saturated rings. The predicted octanol–water partition coefficient (Wildman–Crippen LogP) is 2.66. The van der Waals surface area contributed by atoms with E-state index >= 15 is 0 Å². The lowest BCUT2D eigenvalue weighted by atomic mass is 10.0. The lowest BCUT2D eigenvalue weighted by Crippen LogP contribution is -2.37. The summed E-state index contributed by atoms with van der Waals surface area (Å²) in [6, 6.07) is 3.20. The molecule has 2 N–H and O–H groups in total. The zero-order valence-corrected chi connectivity index (χ0v) is 12.9. The third-order valence-corrected chi connectivity index (χ3v) is 3.81. The summed E-state index contributed by atoms with van der Waals surface area (Å²) >= 11 is 6.10. The summed E-state index contributed by atoms with van der Waals surface area (Å²) in [5.41, 5.74) is 7.91. The molecule has 116 valence electrons. The maximum absolute atomic E-state index is 15.0. The number of ether oxygens (including phenoxy) is 1. The Morgan fingerprint density at radius 3 is 2.73 bits per heavy atom. The molecular formula is C15H16ClFN4O. The topological polar surface area (TPSA) is 64.3 Å². The maximum Gasteiger partial charge on any atom is 0.173 e. The van der Waals surface area contributed by atoms with Crippen LogP contribution in [0.5, 0.6) is 0 Å². The van der Waals surface area contributed by atoms with Gasteiger partial charge in [0.1, 0.15) is 5.15 Å². The van der Waals surface area contributed by atoms with E-state index < -0.39 is 5.82 Å². The average molecular weight is 323 g/mol. The highest BCUT2D eigenvalue weighted by Gasteiger charge is 2.22. The number of nitrogen functional groups attached to an aromatic ring is 1. The van der Waals surface area contributed by atoms with Crippen molar-refractivity contribution in [3.8, 4) is 11.1 Å². The number of halogens is 2. The maximum atomic E-state index is 15.0. The number of pyridine rings is 2. The number of hydrogen-bond donors (Lipinski definition) is 1. The molecule has 1 aliphatic rings. The Bertz CT molecular complexity index is 704. The van der Waals surface area contributed by atoms with Gasteiger partial charge >= 0.3 is 0 Å². The molecule has 0 aromatic carbocycles. The third kappa shape index (κ3) is 2.84. The SMILES string of the molecule is Cc1ncc(N)cc1-c1cc(Cl)nc(N2CCOCC2)c1F. The van der Waals surface area contributed by atoms with E-state index in [0.717, 1.165) is 0 Å². The molecule has 0 unspecified atom stereocenters. The average Bonchev–Trinajstić information content (AvgIpc) is 2.52. The van der Waals surface area contributed by atoms with Gasteiger partial charge in [0.2, 0.25) is 0 Å². The first-order chi connectivity index (χ1) is 10.6. The van der Waals surface area contributed by atoms with Gasteiger partial charge in [0.15, 0.2) is 11.6 Å². The summed E-state index contributed by atoms with van der Waals surface area (Å²) in [6.45, 7) is 4.05. The van der Waals surface area contributed by atoms with Gasteiger partial charge in [-0.25, -0.2) is 9.37 Å². The summed E-state index contributed by atoms with van der Waals surface area (Å²) in [5, 5.41) is 0.236. The molecule has 0 bridgehead atoms. The van der Waals surface area contributed by atoms with Crippen LogP contribution in [0.1, 0.15) is 5.69 Å². The fourth-order valence-electron chi connectivity index (χ4n) is 2.49. The van der Waals surface area contributed by atoms with Gasteiger partial charge in [-0.05, 0) is 19.1 Å². The number of rotatable bonds is 2. The van der Waals surface area contributed by atoms with Crippen molar-refractivity contribution in [2.75, 3.05) is 36.9 Å². The van der Waals surface area contributed by atoms with E-state index in [1.165, 1.54) is 6.07 Å². The quantitative estimate of drug-likeness (QED) is 0.861. The Kier molecular flexibility index (Phi) is 4.13. The van der Waals surface area contributed by atoms with E-state index in [1.54, 1.807) is 19.2 Å². The van der Waals surface area contributed by atoms with E-state index in [9.17, 15) is 4.39 Å². The first kappa shape index (κ1) is 15.0. The standard InChI is InChI=1S/C15H16ClFN4O/c1-9-11(6-10(18)8-19-9)12-7-13(16)20-15(14(12)17)21-2-4-22-5-3-21/h6-8H,2-5,18H2,1H3. The van der Waals surface area contributed by atoms with Gasteiger partial charge in [0, 0.05) is 29.9 Å². The van der Waals surface area contributed by atoms with Gasteiger partial charge in [0.25, 0.3) is 0 Å². The highest BCUT2D eigenvalue weighted by molar-refractivity contribution is 6.29. The summed E-state index contributed by atoms with van der Waals surface area (Å²) in [7, 11) is 0. The van der Waals surface area contributed by atoms with Gasteiger partial charge in [-0.15, -0.1) is 0 Å². The second-order valence-corrected chi connectivity index (χ2v) is 5.52. The first-order valence-electron chi connectivity index (χ1n) is 6.97. The van der Waals surface area contributed by atoms with Crippen molar-refractivity contribution >= 4 is 23.1 Å². The Hall–Kier alpha value is -1.92. The Labute approximate surface area is 132 Å². The highest BCUT2D eigenvalue weighted by Crippen LogP contribution is 2.33. The smallest absolute Gasteiger partial charge is 0.173 e. The molecule has 5 nitrogen and oxygen atoms in total. The fourth-order valence-corrected chi connectivity index (χ4v) is 2.68. The number of nitrogens with zero attached hydrogens (tertiary/aromatic N) is 3. The second kappa shape index (κ2) is 6.06. The van der Waals surface area contributed by atoms with Crippen molar-refractivity contribution < 1.29 is 9.13 Å². The van der Waals surface area contributed by atoms with E-state index in [4.69, 9.17) is 22.1 Å². The van der Waals surface area contributed by atoms with Gasteiger partial charge in [-0.2, -0.15) is 0 Å². The second-order valence-electron chi connectivity index (χ2n) is 5.13. The van der Waals surface area contributed by atoms with Crippen molar-refractivity contribution in [3.63, 3.8) is 0 Å². The van der Waals surface area contributed by atoms with Crippen molar-refractivity contribution in [1.82, 2.24) is 9.97 Å². The molecule has 1 aliphatic heterocycles. The lowest BCUT2D eigenvalue weighted by Gasteiger charge is -2.28. The summed E-state index contributed by atoms with van der Waals surface area (Å²) in [6.07, 6.45) is 1.54. The van der Waals surface area contributed by atoms with Gasteiger partial charge < -0.3 is 15.4 Å². The van der Waals surface area contributed by atoms with Crippen LogP contribution in [0.3, 0.4) is 0 Å². The number of morpholine rings is 1. The molecule has 0 amide bonds. The minimum absolute atomic E-state index is 0.236. The van der Waals surface area contributed by atoms with Crippen LogP contribution in [0, 0.1) is 12.7 Å². The van der Waals surface area contributed by atoms with Gasteiger partial charge in [-0.3, -0.25) is 4.98 Å². The predicted molar refractivity (Wildman–Crippen MR) is 84.6 cm³/mol. The number of anilines is 2. The third-order valence-electron chi connectivity index (χ3n) is 3.62. The number of aryl methyl sites for hydroxylation is 1. The molecule has 0 saturated carbocycles. The van der Waals surface area contributed by atoms with Gasteiger partial charge in [0.05, 0.1) is 25.1 Å². The van der Waals surface area contributed by atoms with E-state index in [1.807, 2.05) is 4.90 Å². The normalized spacial score (nSPS) is 15.1. The van der Waals surface area contributed by atoms with Crippen LogP contribution >= 0.6 is 11.6 Å². The van der Waals surface area contributed by atoms with Crippen LogP contribution in [0.25, 0.3) is 11.1 Å². The summed E-state index contributed by atoms with van der Waals surface area (Å²) in [5.74, 6) is -0.172. The van der Waals surface area contributed by atoms with Crippen molar-refractivity contribution in [3.05, 3.63) is 35.0 Å². The summed E-state index contributed by atoms with van der Waals surface area (Å²) < 4.78 is 20.3. The molecule has 3 heterocycles. The Balaban J connectivity index is 2.12. The van der Waals surface area contributed by atoms with Crippen molar-refractivity contribution in [2.24, 2.45) is 0 Å². The molecule has 2 aromatic heterocycles. The molecule has 2 aromatic rings. The molecule has 1 saturated heterocycles. The molecule has 0 radical (unpaired) electrons. The molecule has 22 heavy (non-hydrogen) atoms. The minimum Gasteiger partial charge on any atom is -0.397 e. The van der Waals surface area contributed by atoms with E-state index in [2.05, 4.69) is 9.97 Å². The summed E-state index contributed by atoms with van der Waals surface area (Å²) in [4.78, 5) is 10.2. The van der Waals surface area contributed by atoms with Crippen LogP contribution in [0.15, 0.2) is 18.3 Å². The number of nitrogens with two attached hydrogens (primary N) is 1. The monoisotopic (exact) mass is 322 g/mol. The van der Waals surface area contributed by atoms with Crippen molar-refractivity contribution in [1.29, 1.82) is 0 Å². The minimum atomic E-state index is -0.415. The molecule has 0 aliphatic carbocycles. The molecule has 3 rings (SSSR count). The molecule has 0 spiro atoms. The largest absolute Gasteiger partial charge is 0.397 e. The Morgan fingerprint density at radius 1 is 1.27 bits per heavy atom. The zero-order valence-electron chi connectivity index (χ0n) is 12.1. The highest BCUT2D eigenvalue weighted by atomic mass is 35.5. The van der Waals surface area contributed by atoms with E-state index in [-0.39, 0.29) is 11.0 Å². The van der Waals surface area contributed by atoms with Crippen LogP contribution < -0.4 is 10.6 Å². The number of hydrogen-bond acceptors (Lipinski definition) is 5. The van der Waals surface area contributed by atoms with Crippen LogP contribution in [0.2, 0.25) is 5.15 Å². The molecule has 7 heteroatoms. The fraction of sp³-hybridized carbons (Fsp3) is 0.333. The zero-order chi connectivity index (χ0) is 15.7. The van der Waals surface area contributed by atoms with Crippen LogP contribution in [-0.2, 0) is 4.74 Å². The lowest BCUT2D eigenvalue weighted by molar-refractivity contribution is 0.122. The Morgan fingerprint density at radius 2 is 2.00 bits per heavy atom. The van der Waals surface area contributed by atoms with Gasteiger partial charge in [-0.1, -0.05) is 11.6 Å². The molecular weight excluding hydrogens is 307 g/mol. The van der Waals surface area contributed by atoms with Crippen LogP contribution in [0.4, 0.5) is 15.9 Å².